The lowest BCUT2D eigenvalue weighted by molar-refractivity contribution is 0.187. The van der Waals surface area contributed by atoms with Gasteiger partial charge >= 0.3 is 0 Å². The van der Waals surface area contributed by atoms with Crippen LogP contribution in [0.2, 0.25) is 0 Å². The molecule has 0 saturated heterocycles. The third-order valence-corrected chi connectivity index (χ3v) is 3.94. The van der Waals surface area contributed by atoms with Gasteiger partial charge in [0.1, 0.15) is 0 Å². The molecular formula is C11H16N4O2S2. The lowest BCUT2D eigenvalue weighted by atomic mass is 10.5. The van der Waals surface area contributed by atoms with E-state index in [1.165, 1.54) is 0 Å². The van der Waals surface area contributed by atoms with Crippen molar-refractivity contribution in [2.75, 3.05) is 27.4 Å². The van der Waals surface area contributed by atoms with Gasteiger partial charge in [-0.1, -0.05) is 0 Å². The summed E-state index contributed by atoms with van der Waals surface area (Å²) in [5.74, 6) is 0.809. The first-order chi connectivity index (χ1) is 9.26. The summed E-state index contributed by atoms with van der Waals surface area (Å²) in [5.41, 5.74) is 0. The highest BCUT2D eigenvalue weighted by atomic mass is 32.1. The maximum Gasteiger partial charge on any atom is 0.195 e. The monoisotopic (exact) mass is 300 g/mol. The Kier molecular flexibility index (Phi) is 5.20. The van der Waals surface area contributed by atoms with Gasteiger partial charge in [0.15, 0.2) is 10.6 Å². The third-order valence-electron chi connectivity index (χ3n) is 2.57. The molecule has 0 fully saturated rings. The summed E-state index contributed by atoms with van der Waals surface area (Å²) in [4.78, 5) is 5.36. The van der Waals surface area contributed by atoms with Gasteiger partial charge in [0.25, 0.3) is 0 Å². The molecular weight excluding hydrogens is 284 g/mol. The van der Waals surface area contributed by atoms with Gasteiger partial charge in [0.2, 0.25) is 0 Å². The van der Waals surface area contributed by atoms with Crippen LogP contribution in [-0.2, 0) is 22.4 Å². The zero-order valence-corrected chi connectivity index (χ0v) is 12.5. The molecule has 0 atom stereocenters. The molecule has 2 heterocycles. The molecule has 0 aromatic carbocycles. The minimum atomic E-state index is 0.593. The Morgan fingerprint density at radius 3 is 2.89 bits per heavy atom. The molecule has 2 rings (SSSR count). The minimum Gasteiger partial charge on any atom is -0.384 e. The summed E-state index contributed by atoms with van der Waals surface area (Å²) in [6, 6.07) is 0. The van der Waals surface area contributed by atoms with Crippen LogP contribution in [0.3, 0.4) is 0 Å². The van der Waals surface area contributed by atoms with Crippen LogP contribution in [0.25, 0.3) is 10.7 Å². The third kappa shape index (κ3) is 3.47. The SMILES string of the molecule is COCCc1ncc(-c2n[nH]c(=S)n2CCOC)s1. The van der Waals surface area contributed by atoms with Crippen LogP contribution in [0.4, 0.5) is 0 Å². The summed E-state index contributed by atoms with van der Waals surface area (Å²) in [6.45, 7) is 1.94. The maximum absolute atomic E-state index is 5.22. The molecule has 6 nitrogen and oxygen atoms in total. The number of nitrogens with zero attached hydrogens (tertiary/aromatic N) is 3. The summed E-state index contributed by atoms with van der Waals surface area (Å²) in [7, 11) is 3.35. The van der Waals surface area contributed by atoms with Crippen LogP contribution < -0.4 is 0 Å². The molecule has 0 spiro atoms. The number of aromatic amines is 1. The maximum atomic E-state index is 5.22. The Balaban J connectivity index is 2.21. The number of hydrogen-bond donors (Lipinski definition) is 1. The van der Waals surface area contributed by atoms with Crippen molar-refractivity contribution in [2.45, 2.75) is 13.0 Å². The van der Waals surface area contributed by atoms with Crippen molar-refractivity contribution in [1.29, 1.82) is 0 Å². The summed E-state index contributed by atoms with van der Waals surface area (Å²) >= 11 is 6.82. The van der Waals surface area contributed by atoms with E-state index in [0.29, 0.717) is 24.5 Å². The van der Waals surface area contributed by atoms with E-state index in [9.17, 15) is 0 Å². The summed E-state index contributed by atoms with van der Waals surface area (Å²) in [6.07, 6.45) is 2.63. The van der Waals surface area contributed by atoms with Crippen LogP contribution in [0.15, 0.2) is 6.20 Å². The van der Waals surface area contributed by atoms with Crippen molar-refractivity contribution >= 4 is 23.6 Å². The highest BCUT2D eigenvalue weighted by Crippen LogP contribution is 2.24. The second kappa shape index (κ2) is 6.90. The number of nitrogens with one attached hydrogen (secondary N) is 1. The van der Waals surface area contributed by atoms with Gasteiger partial charge in [-0.05, 0) is 12.2 Å². The van der Waals surface area contributed by atoms with E-state index < -0.39 is 0 Å². The van der Waals surface area contributed by atoms with Crippen molar-refractivity contribution in [3.63, 3.8) is 0 Å². The van der Waals surface area contributed by atoms with E-state index in [-0.39, 0.29) is 0 Å². The van der Waals surface area contributed by atoms with Crippen molar-refractivity contribution in [3.05, 3.63) is 16.0 Å². The number of thiazole rings is 1. The summed E-state index contributed by atoms with van der Waals surface area (Å²) in [5, 5.41) is 8.10. The number of hydrogen-bond acceptors (Lipinski definition) is 6. The van der Waals surface area contributed by atoms with Crippen molar-refractivity contribution < 1.29 is 9.47 Å². The van der Waals surface area contributed by atoms with E-state index in [1.54, 1.807) is 25.6 Å². The molecule has 2 aromatic rings. The predicted octanol–water partition coefficient (Wildman–Crippen LogP) is 1.90. The van der Waals surface area contributed by atoms with Crippen LogP contribution >= 0.6 is 23.6 Å². The molecule has 2 aromatic heterocycles. The van der Waals surface area contributed by atoms with Gasteiger partial charge in [0, 0.05) is 26.8 Å². The van der Waals surface area contributed by atoms with E-state index in [1.807, 2.05) is 10.8 Å². The van der Waals surface area contributed by atoms with Crippen LogP contribution in [0.5, 0.6) is 0 Å². The fourth-order valence-electron chi connectivity index (χ4n) is 1.61. The number of aromatic nitrogens is 4. The second-order valence-corrected chi connectivity index (χ2v) is 5.36. The van der Waals surface area contributed by atoms with Crippen LogP contribution in [0, 0.1) is 4.77 Å². The predicted molar refractivity (Wildman–Crippen MR) is 76.0 cm³/mol. The first kappa shape index (κ1) is 14.3. The number of ether oxygens (including phenoxy) is 2. The lowest BCUT2D eigenvalue weighted by Gasteiger charge is -2.03. The topological polar surface area (TPSA) is 65.0 Å². The Bertz CT molecular complexity index is 575. The normalized spacial score (nSPS) is 11.1. The van der Waals surface area contributed by atoms with Gasteiger partial charge in [0.05, 0.1) is 29.6 Å². The molecule has 0 radical (unpaired) electrons. The van der Waals surface area contributed by atoms with Crippen LogP contribution in [-0.4, -0.2) is 47.2 Å². The van der Waals surface area contributed by atoms with E-state index >= 15 is 0 Å². The van der Waals surface area contributed by atoms with Crippen molar-refractivity contribution in [1.82, 2.24) is 19.7 Å². The second-order valence-electron chi connectivity index (χ2n) is 3.86. The summed E-state index contributed by atoms with van der Waals surface area (Å²) < 4.78 is 12.6. The van der Waals surface area contributed by atoms with Gasteiger partial charge in [-0.15, -0.1) is 11.3 Å². The van der Waals surface area contributed by atoms with Gasteiger partial charge in [-0.2, -0.15) is 5.10 Å². The highest BCUT2D eigenvalue weighted by Gasteiger charge is 2.12. The molecule has 0 aliphatic rings. The zero-order valence-electron chi connectivity index (χ0n) is 10.9. The van der Waals surface area contributed by atoms with Crippen LogP contribution in [0.1, 0.15) is 5.01 Å². The van der Waals surface area contributed by atoms with E-state index in [2.05, 4.69) is 15.2 Å². The Morgan fingerprint density at radius 1 is 1.37 bits per heavy atom. The van der Waals surface area contributed by atoms with Crippen molar-refractivity contribution in [2.24, 2.45) is 0 Å². The molecule has 104 valence electrons. The smallest absolute Gasteiger partial charge is 0.195 e. The van der Waals surface area contributed by atoms with E-state index in [4.69, 9.17) is 21.7 Å². The Hall–Kier alpha value is -1.09. The standard InChI is InChI=1S/C11H16N4O2S2/c1-16-5-3-9-12-7-8(19-9)10-13-14-11(18)15(10)4-6-17-2/h7H,3-6H2,1-2H3,(H,14,18). The highest BCUT2D eigenvalue weighted by molar-refractivity contribution is 7.71. The minimum absolute atomic E-state index is 0.593. The molecule has 0 unspecified atom stereocenters. The van der Waals surface area contributed by atoms with Gasteiger partial charge in [-0.3, -0.25) is 9.67 Å². The first-order valence-electron chi connectivity index (χ1n) is 5.84. The van der Waals surface area contributed by atoms with Crippen molar-refractivity contribution in [3.8, 4) is 10.7 Å². The average molecular weight is 300 g/mol. The molecule has 0 aliphatic carbocycles. The molecule has 0 bridgehead atoms. The first-order valence-corrected chi connectivity index (χ1v) is 7.07. The molecule has 0 aliphatic heterocycles. The molecule has 1 N–H and O–H groups in total. The molecule has 8 heteroatoms. The number of H-pyrrole nitrogens is 1. The van der Waals surface area contributed by atoms with E-state index in [0.717, 1.165) is 22.1 Å². The number of methoxy groups -OCH3 is 2. The fraction of sp³-hybridized carbons (Fsp3) is 0.545. The zero-order chi connectivity index (χ0) is 13.7. The molecule has 0 amide bonds. The average Bonchev–Trinajstić information content (AvgIpc) is 3.01. The Morgan fingerprint density at radius 2 is 2.16 bits per heavy atom. The number of rotatable bonds is 7. The van der Waals surface area contributed by atoms with Gasteiger partial charge in [-0.25, -0.2) is 4.98 Å². The van der Waals surface area contributed by atoms with Gasteiger partial charge < -0.3 is 9.47 Å². The lowest BCUT2D eigenvalue weighted by Crippen LogP contribution is -2.05. The molecule has 0 saturated carbocycles. The molecule has 19 heavy (non-hydrogen) atoms. The largest absolute Gasteiger partial charge is 0.384 e. The fourth-order valence-corrected chi connectivity index (χ4v) is 2.73. The Labute approximate surface area is 120 Å². The quantitative estimate of drug-likeness (QED) is 0.791.